The monoisotopic (exact) mass is 346 g/mol. The Labute approximate surface area is 140 Å². The van der Waals surface area contributed by atoms with Crippen LogP contribution in [-0.4, -0.2) is 39.8 Å². The number of ether oxygens (including phenoxy) is 2. The van der Waals surface area contributed by atoms with Crippen LogP contribution in [-0.2, 0) is 6.54 Å². The Morgan fingerprint density at radius 3 is 2.71 bits per heavy atom. The number of methoxy groups -OCH3 is 2. The molecule has 0 bridgehead atoms. The molecule has 2 aromatic heterocycles. The van der Waals surface area contributed by atoms with Crippen LogP contribution in [0.4, 0.5) is 0 Å². The number of Topliss-reactive ketones (excluding diaryl/α,β-unsaturated/α-hetero) is 1. The maximum atomic E-state index is 12.5. The summed E-state index contributed by atoms with van der Waals surface area (Å²) < 4.78 is 12.5. The molecule has 0 radical (unpaired) electrons. The molecule has 0 N–H and O–H groups in total. The van der Waals surface area contributed by atoms with Crippen molar-refractivity contribution in [2.24, 2.45) is 0 Å². The zero-order valence-electron chi connectivity index (χ0n) is 13.0. The molecular formula is C15H14N4O4S. The number of carbonyl (C=O) groups is 1. The first kappa shape index (κ1) is 15.9. The molecule has 0 saturated carbocycles. The van der Waals surface area contributed by atoms with E-state index < -0.39 is 5.69 Å². The van der Waals surface area contributed by atoms with Crippen molar-refractivity contribution in [3.8, 4) is 16.5 Å². The Hall–Kier alpha value is -2.94. The molecule has 9 heteroatoms. The molecule has 0 unspecified atom stereocenters. The molecule has 8 nitrogen and oxygen atoms in total. The second-order valence-corrected chi connectivity index (χ2v) is 5.70. The summed E-state index contributed by atoms with van der Waals surface area (Å²) in [5.41, 5.74) is -0.165. The maximum absolute atomic E-state index is 12.5. The molecule has 3 aromatic rings. The van der Waals surface area contributed by atoms with Crippen molar-refractivity contribution in [2.45, 2.75) is 6.54 Å². The summed E-state index contributed by atoms with van der Waals surface area (Å²) in [5.74, 6) is 0.597. The highest BCUT2D eigenvalue weighted by molar-refractivity contribution is 7.12. The van der Waals surface area contributed by atoms with Gasteiger partial charge in [0.15, 0.2) is 5.78 Å². The molecule has 0 aliphatic heterocycles. The summed E-state index contributed by atoms with van der Waals surface area (Å²) in [6.07, 6.45) is 0. The fraction of sp³-hybridized carbons (Fsp3) is 0.200. The van der Waals surface area contributed by atoms with E-state index in [0.717, 1.165) is 9.36 Å². The zero-order chi connectivity index (χ0) is 17.1. The van der Waals surface area contributed by atoms with Gasteiger partial charge in [0, 0.05) is 0 Å². The highest BCUT2D eigenvalue weighted by Gasteiger charge is 2.18. The van der Waals surface area contributed by atoms with E-state index in [1.54, 1.807) is 30.3 Å². The van der Waals surface area contributed by atoms with E-state index in [9.17, 15) is 9.59 Å². The van der Waals surface area contributed by atoms with E-state index in [0.29, 0.717) is 22.1 Å². The zero-order valence-corrected chi connectivity index (χ0v) is 13.8. The van der Waals surface area contributed by atoms with Crippen LogP contribution in [0.25, 0.3) is 5.00 Å². The minimum Gasteiger partial charge on any atom is -0.497 e. The fourth-order valence-corrected chi connectivity index (χ4v) is 2.82. The molecule has 0 amide bonds. The molecule has 2 heterocycles. The van der Waals surface area contributed by atoms with Gasteiger partial charge >= 0.3 is 5.69 Å². The second kappa shape index (κ2) is 6.67. The predicted molar refractivity (Wildman–Crippen MR) is 87.4 cm³/mol. The van der Waals surface area contributed by atoms with E-state index in [-0.39, 0.29) is 12.3 Å². The van der Waals surface area contributed by atoms with E-state index >= 15 is 0 Å². The van der Waals surface area contributed by atoms with Crippen molar-refractivity contribution < 1.29 is 14.3 Å². The number of hydrogen-bond acceptors (Lipinski definition) is 7. The molecule has 0 atom stereocenters. The minimum absolute atomic E-state index is 0.242. The number of carbonyl (C=O) groups excluding carboxylic acids is 1. The molecule has 0 aliphatic rings. The predicted octanol–water partition coefficient (Wildman–Crippen LogP) is 1.39. The van der Waals surface area contributed by atoms with Crippen molar-refractivity contribution in [1.29, 1.82) is 0 Å². The number of benzene rings is 1. The normalized spacial score (nSPS) is 10.6. The van der Waals surface area contributed by atoms with Gasteiger partial charge in [-0.05, 0) is 46.1 Å². The third-order valence-corrected chi connectivity index (χ3v) is 4.20. The third kappa shape index (κ3) is 2.93. The van der Waals surface area contributed by atoms with Gasteiger partial charge in [-0.25, -0.2) is 4.79 Å². The number of ketones is 1. The van der Waals surface area contributed by atoms with Gasteiger partial charge in [0.2, 0.25) is 0 Å². The van der Waals surface area contributed by atoms with Gasteiger partial charge in [-0.2, -0.15) is 9.36 Å². The highest BCUT2D eigenvalue weighted by Crippen LogP contribution is 2.24. The SMILES string of the molecule is COc1ccc(OC)c(C(=O)Cn2nnn(-c3cccs3)c2=O)c1. The van der Waals surface area contributed by atoms with Crippen LogP contribution in [0.15, 0.2) is 40.5 Å². The Bertz CT molecular complexity index is 914. The van der Waals surface area contributed by atoms with Gasteiger partial charge in [0.25, 0.3) is 0 Å². The summed E-state index contributed by atoms with van der Waals surface area (Å²) in [6, 6.07) is 8.44. The van der Waals surface area contributed by atoms with Crippen molar-refractivity contribution >= 4 is 17.1 Å². The van der Waals surface area contributed by atoms with Crippen LogP contribution < -0.4 is 15.2 Å². The minimum atomic E-state index is -0.479. The van der Waals surface area contributed by atoms with Gasteiger partial charge < -0.3 is 9.47 Å². The quantitative estimate of drug-likeness (QED) is 0.627. The number of aromatic nitrogens is 4. The first-order valence-electron chi connectivity index (χ1n) is 6.96. The number of tetrazole rings is 1. The number of thiophene rings is 1. The molecular weight excluding hydrogens is 332 g/mol. The largest absolute Gasteiger partial charge is 0.497 e. The lowest BCUT2D eigenvalue weighted by molar-refractivity contribution is 0.0962. The summed E-state index contributed by atoms with van der Waals surface area (Å²) in [6.45, 7) is -0.242. The van der Waals surface area contributed by atoms with Gasteiger partial charge in [0.05, 0.1) is 19.8 Å². The smallest absolute Gasteiger partial charge is 0.369 e. The lowest BCUT2D eigenvalue weighted by Crippen LogP contribution is -2.27. The van der Waals surface area contributed by atoms with Crippen LogP contribution in [0.3, 0.4) is 0 Å². The van der Waals surface area contributed by atoms with E-state index in [1.807, 2.05) is 5.38 Å². The first-order valence-corrected chi connectivity index (χ1v) is 7.84. The van der Waals surface area contributed by atoms with E-state index in [4.69, 9.17) is 9.47 Å². The van der Waals surface area contributed by atoms with Crippen molar-refractivity contribution in [2.75, 3.05) is 14.2 Å². The summed E-state index contributed by atoms with van der Waals surface area (Å²) in [5, 5.41) is 10.0. The van der Waals surface area contributed by atoms with Crippen molar-refractivity contribution in [3.05, 3.63) is 51.8 Å². The lowest BCUT2D eigenvalue weighted by atomic mass is 10.1. The average Bonchev–Trinajstić information content (AvgIpc) is 3.24. The second-order valence-electron chi connectivity index (χ2n) is 4.77. The van der Waals surface area contributed by atoms with Gasteiger partial charge in [-0.1, -0.05) is 0 Å². The Balaban J connectivity index is 1.90. The van der Waals surface area contributed by atoms with E-state index in [2.05, 4.69) is 10.4 Å². The van der Waals surface area contributed by atoms with Gasteiger partial charge in [-0.3, -0.25) is 4.79 Å². The number of nitrogens with zero attached hydrogens (tertiary/aromatic N) is 4. The molecule has 0 saturated heterocycles. The fourth-order valence-electron chi connectivity index (χ4n) is 2.16. The van der Waals surface area contributed by atoms with Crippen LogP contribution >= 0.6 is 11.3 Å². The van der Waals surface area contributed by atoms with Crippen LogP contribution in [0.2, 0.25) is 0 Å². The molecule has 0 spiro atoms. The molecule has 24 heavy (non-hydrogen) atoms. The number of rotatable bonds is 6. The molecule has 124 valence electrons. The molecule has 0 fully saturated rings. The van der Waals surface area contributed by atoms with Crippen molar-refractivity contribution in [3.63, 3.8) is 0 Å². The van der Waals surface area contributed by atoms with Crippen LogP contribution in [0.5, 0.6) is 11.5 Å². The van der Waals surface area contributed by atoms with E-state index in [1.165, 1.54) is 25.6 Å². The van der Waals surface area contributed by atoms with Crippen molar-refractivity contribution in [1.82, 2.24) is 19.8 Å². The molecule has 1 aromatic carbocycles. The Kier molecular flexibility index (Phi) is 4.43. The van der Waals surface area contributed by atoms with Crippen LogP contribution in [0, 0.1) is 0 Å². The topological polar surface area (TPSA) is 88.2 Å². The molecule has 3 rings (SSSR count). The first-order chi connectivity index (χ1) is 11.6. The Morgan fingerprint density at radius 2 is 2.04 bits per heavy atom. The van der Waals surface area contributed by atoms with Gasteiger partial charge in [0.1, 0.15) is 23.0 Å². The Morgan fingerprint density at radius 1 is 1.21 bits per heavy atom. The maximum Gasteiger partial charge on any atom is 0.369 e. The summed E-state index contributed by atoms with van der Waals surface area (Å²) in [4.78, 5) is 24.9. The summed E-state index contributed by atoms with van der Waals surface area (Å²) in [7, 11) is 2.98. The lowest BCUT2D eigenvalue weighted by Gasteiger charge is -2.09. The van der Waals surface area contributed by atoms with Gasteiger partial charge in [-0.15, -0.1) is 11.3 Å². The summed E-state index contributed by atoms with van der Waals surface area (Å²) >= 11 is 1.36. The molecule has 0 aliphatic carbocycles. The third-order valence-electron chi connectivity index (χ3n) is 3.35. The standard InChI is InChI=1S/C15H14N4O4S/c1-22-10-5-6-13(23-2)11(8-10)12(20)9-18-15(21)19(17-16-18)14-4-3-7-24-14/h3-8H,9H2,1-2H3. The number of hydrogen-bond donors (Lipinski definition) is 0. The highest BCUT2D eigenvalue weighted by atomic mass is 32.1. The average molecular weight is 346 g/mol. The van der Waals surface area contributed by atoms with Crippen LogP contribution in [0.1, 0.15) is 10.4 Å².